The van der Waals surface area contributed by atoms with Crippen LogP contribution >= 0.6 is 0 Å². The minimum atomic E-state index is -0.521. The number of likely N-dealkylation sites (tertiary alicyclic amines) is 2. The van der Waals surface area contributed by atoms with Crippen molar-refractivity contribution in [2.45, 2.75) is 64.5 Å². The molecular formula is C24H35FN2O4. The molecule has 7 heteroatoms. The Morgan fingerprint density at radius 3 is 2.19 bits per heavy atom. The highest BCUT2D eigenvalue weighted by atomic mass is 19.1. The van der Waals surface area contributed by atoms with Gasteiger partial charge in [-0.15, -0.1) is 0 Å². The number of nitrogens with zero attached hydrogens (tertiary/aromatic N) is 2. The van der Waals surface area contributed by atoms with E-state index in [1.165, 1.54) is 7.11 Å². The Morgan fingerprint density at radius 2 is 1.68 bits per heavy atom. The maximum Gasteiger partial charge on any atom is 0.410 e. The molecule has 1 amide bonds. The monoisotopic (exact) mass is 434 g/mol. The van der Waals surface area contributed by atoms with Crippen LogP contribution in [-0.4, -0.2) is 60.8 Å². The summed E-state index contributed by atoms with van der Waals surface area (Å²) in [6.07, 6.45) is 1.12. The van der Waals surface area contributed by atoms with Crippen molar-refractivity contribution in [3.8, 4) is 0 Å². The van der Waals surface area contributed by atoms with Crippen LogP contribution in [0, 0.1) is 11.7 Å². The van der Waals surface area contributed by atoms with Crippen molar-refractivity contribution < 1.29 is 23.5 Å². The fraction of sp³-hybridized carbons (Fsp3) is 0.667. The van der Waals surface area contributed by atoms with Crippen molar-refractivity contribution in [1.29, 1.82) is 0 Å². The molecule has 0 bridgehead atoms. The molecule has 2 saturated heterocycles. The van der Waals surface area contributed by atoms with Gasteiger partial charge in [0.25, 0.3) is 0 Å². The molecule has 0 N–H and O–H groups in total. The molecule has 2 aliphatic heterocycles. The van der Waals surface area contributed by atoms with Crippen LogP contribution in [0.25, 0.3) is 0 Å². The van der Waals surface area contributed by atoms with E-state index in [0.717, 1.165) is 31.5 Å². The first-order valence-corrected chi connectivity index (χ1v) is 11.0. The molecule has 31 heavy (non-hydrogen) atoms. The van der Waals surface area contributed by atoms with Gasteiger partial charge in [-0.1, -0.05) is 12.1 Å². The summed E-state index contributed by atoms with van der Waals surface area (Å²) in [4.78, 5) is 27.8. The van der Waals surface area contributed by atoms with E-state index in [9.17, 15) is 9.59 Å². The summed E-state index contributed by atoms with van der Waals surface area (Å²) in [7, 11) is 1.42. The molecule has 1 aromatic rings. The van der Waals surface area contributed by atoms with Crippen molar-refractivity contribution >= 4 is 12.1 Å². The third kappa shape index (κ3) is 5.20. The van der Waals surface area contributed by atoms with Gasteiger partial charge in [-0.05, 0) is 72.2 Å². The van der Waals surface area contributed by atoms with Crippen molar-refractivity contribution in [2.24, 2.45) is 5.92 Å². The molecule has 1 aromatic carbocycles. The van der Waals surface area contributed by atoms with Gasteiger partial charge in [-0.3, -0.25) is 9.69 Å². The predicted molar refractivity (Wildman–Crippen MR) is 116 cm³/mol. The minimum Gasteiger partial charge on any atom is -0.469 e. The zero-order valence-corrected chi connectivity index (χ0v) is 19.5. The molecule has 172 valence electrons. The first-order valence-electron chi connectivity index (χ1n) is 11.0. The Kier molecular flexibility index (Phi) is 6.65. The van der Waals surface area contributed by atoms with E-state index < -0.39 is 11.1 Å². The Labute approximate surface area is 184 Å². The van der Waals surface area contributed by atoms with Crippen LogP contribution in [0.15, 0.2) is 18.2 Å². The van der Waals surface area contributed by atoms with E-state index in [1.807, 2.05) is 46.8 Å². The topological polar surface area (TPSA) is 59.1 Å². The van der Waals surface area contributed by atoms with E-state index in [1.54, 1.807) is 11.0 Å². The minimum absolute atomic E-state index is 0.0733. The molecule has 2 heterocycles. The number of amides is 1. The fourth-order valence-electron chi connectivity index (χ4n) is 4.46. The van der Waals surface area contributed by atoms with E-state index in [-0.39, 0.29) is 29.7 Å². The number of carbonyl (C=O) groups excluding carboxylic acids is 2. The van der Waals surface area contributed by atoms with E-state index in [4.69, 9.17) is 9.47 Å². The maximum absolute atomic E-state index is 15.2. The lowest BCUT2D eigenvalue weighted by molar-refractivity contribution is -0.147. The van der Waals surface area contributed by atoms with Crippen LogP contribution in [-0.2, 0) is 19.8 Å². The molecule has 0 atom stereocenters. The molecule has 0 aliphatic carbocycles. The highest BCUT2D eigenvalue weighted by Gasteiger charge is 2.38. The molecular weight excluding hydrogens is 399 g/mol. The average Bonchev–Trinajstić information content (AvgIpc) is 2.64. The average molecular weight is 435 g/mol. The highest BCUT2D eigenvalue weighted by molar-refractivity contribution is 5.72. The van der Waals surface area contributed by atoms with Gasteiger partial charge in [0, 0.05) is 30.1 Å². The smallest absolute Gasteiger partial charge is 0.410 e. The number of rotatable bonds is 4. The number of ether oxygens (including phenoxy) is 2. The Hall–Kier alpha value is -2.15. The van der Waals surface area contributed by atoms with Gasteiger partial charge >= 0.3 is 12.1 Å². The van der Waals surface area contributed by atoms with Crippen LogP contribution in [0.4, 0.5) is 9.18 Å². The number of esters is 1. The first kappa shape index (κ1) is 23.5. The molecule has 0 spiro atoms. The molecule has 0 saturated carbocycles. The van der Waals surface area contributed by atoms with E-state index in [2.05, 4.69) is 4.90 Å². The molecule has 3 rings (SSSR count). The molecule has 2 fully saturated rings. The van der Waals surface area contributed by atoms with Crippen molar-refractivity contribution in [3.63, 3.8) is 0 Å². The van der Waals surface area contributed by atoms with Gasteiger partial charge < -0.3 is 14.4 Å². The van der Waals surface area contributed by atoms with Crippen LogP contribution in [0.5, 0.6) is 0 Å². The third-order valence-corrected chi connectivity index (χ3v) is 6.48. The maximum atomic E-state index is 15.2. The zero-order valence-electron chi connectivity index (χ0n) is 19.5. The highest BCUT2D eigenvalue weighted by Crippen LogP contribution is 2.36. The lowest BCUT2D eigenvalue weighted by Gasteiger charge is -2.43. The Bertz CT molecular complexity index is 819. The van der Waals surface area contributed by atoms with Gasteiger partial charge in [0.1, 0.15) is 11.4 Å². The number of methoxy groups -OCH3 is 1. The van der Waals surface area contributed by atoms with Crippen LogP contribution in [0.1, 0.15) is 64.5 Å². The number of benzene rings is 1. The summed E-state index contributed by atoms with van der Waals surface area (Å²) in [6, 6.07) is 5.45. The quantitative estimate of drug-likeness (QED) is 0.662. The second kappa shape index (κ2) is 8.77. The Morgan fingerprint density at radius 1 is 1.06 bits per heavy atom. The van der Waals surface area contributed by atoms with Crippen molar-refractivity contribution in [2.75, 3.05) is 33.3 Å². The zero-order chi connectivity index (χ0) is 23.0. The molecule has 2 aliphatic rings. The van der Waals surface area contributed by atoms with E-state index >= 15 is 4.39 Å². The predicted octanol–water partition coefficient (Wildman–Crippen LogP) is 4.28. The molecule has 6 nitrogen and oxygen atoms in total. The molecule has 0 unspecified atom stereocenters. The summed E-state index contributed by atoms with van der Waals surface area (Å²) in [5, 5.41) is 0. The normalized spacial score (nSPS) is 19.1. The second-order valence-electron chi connectivity index (χ2n) is 10.2. The van der Waals surface area contributed by atoms with Gasteiger partial charge in [0.05, 0.1) is 13.0 Å². The lowest BCUT2D eigenvalue weighted by Crippen LogP contribution is -2.50. The van der Waals surface area contributed by atoms with Crippen molar-refractivity contribution in [3.05, 3.63) is 35.1 Å². The van der Waals surface area contributed by atoms with Gasteiger partial charge in [-0.25, -0.2) is 9.18 Å². The molecule has 0 aromatic heterocycles. The number of carbonyl (C=O) groups is 2. The van der Waals surface area contributed by atoms with E-state index in [0.29, 0.717) is 18.7 Å². The van der Waals surface area contributed by atoms with Gasteiger partial charge in [0.2, 0.25) is 0 Å². The number of hydrogen-bond acceptors (Lipinski definition) is 5. The van der Waals surface area contributed by atoms with Crippen LogP contribution in [0.3, 0.4) is 0 Å². The standard InChI is InChI=1S/C24H35FN2O4/c1-23(2,3)31-22(29)26-14-18(15-26)17-7-8-19(20(25)13-17)24(4,5)27-11-9-16(10-12-27)21(28)30-6/h7-8,13,16,18H,9-12,14-15H2,1-6H3. The summed E-state index contributed by atoms with van der Waals surface area (Å²) >= 11 is 0. The van der Waals surface area contributed by atoms with Gasteiger partial charge in [-0.2, -0.15) is 0 Å². The van der Waals surface area contributed by atoms with Gasteiger partial charge in [0.15, 0.2) is 0 Å². The summed E-state index contributed by atoms with van der Waals surface area (Å²) in [6.45, 7) is 12.1. The van der Waals surface area contributed by atoms with Crippen LogP contribution in [0.2, 0.25) is 0 Å². The summed E-state index contributed by atoms with van der Waals surface area (Å²) < 4.78 is 25.4. The summed E-state index contributed by atoms with van der Waals surface area (Å²) in [5.41, 5.74) is 0.552. The first-order chi connectivity index (χ1) is 14.4. The van der Waals surface area contributed by atoms with Crippen molar-refractivity contribution in [1.82, 2.24) is 9.80 Å². The second-order valence-corrected chi connectivity index (χ2v) is 10.2. The SMILES string of the molecule is COC(=O)C1CCN(C(C)(C)c2ccc(C3CN(C(=O)OC(C)(C)C)C3)cc2F)CC1. The largest absolute Gasteiger partial charge is 0.469 e. The Balaban J connectivity index is 1.62. The molecule has 0 radical (unpaired) electrons. The number of hydrogen-bond donors (Lipinski definition) is 0. The lowest BCUT2D eigenvalue weighted by atomic mass is 9.85. The number of piperidine rings is 1. The number of halogens is 1. The summed E-state index contributed by atoms with van der Waals surface area (Å²) in [5.74, 6) is -0.340. The van der Waals surface area contributed by atoms with Crippen LogP contribution < -0.4 is 0 Å². The third-order valence-electron chi connectivity index (χ3n) is 6.48. The fourth-order valence-corrected chi connectivity index (χ4v) is 4.46.